The molecule has 0 radical (unpaired) electrons. The number of ether oxygens (including phenoxy) is 1. The maximum atomic E-state index is 12.6. The second-order valence-electron chi connectivity index (χ2n) is 6.46. The first-order chi connectivity index (χ1) is 14.0. The van der Waals surface area contributed by atoms with Crippen LogP contribution >= 0.6 is 23.2 Å². The number of nitrogens with zero attached hydrogens (tertiary/aromatic N) is 3. The van der Waals surface area contributed by atoms with Crippen LogP contribution < -0.4 is 15.0 Å². The van der Waals surface area contributed by atoms with Gasteiger partial charge < -0.3 is 19.9 Å². The Bertz CT molecular complexity index is 963. The molecule has 0 aliphatic carbocycles. The molecule has 0 spiro atoms. The van der Waals surface area contributed by atoms with Crippen LogP contribution in [-0.4, -0.2) is 44.1 Å². The fourth-order valence-electron chi connectivity index (χ4n) is 3.07. The fraction of sp³-hybridized carbons (Fsp3) is 0.238. The van der Waals surface area contributed by atoms with E-state index in [9.17, 15) is 10.1 Å². The van der Waals surface area contributed by atoms with Crippen molar-refractivity contribution in [3.05, 3.63) is 64.3 Å². The highest BCUT2D eigenvalue weighted by atomic mass is 35.5. The minimum Gasteiger partial charge on any atom is -0.495 e. The van der Waals surface area contributed by atoms with Gasteiger partial charge in [-0.1, -0.05) is 29.3 Å². The second-order valence-corrected chi connectivity index (χ2v) is 7.33. The number of nitriles is 1. The summed E-state index contributed by atoms with van der Waals surface area (Å²) in [5.41, 5.74) is 1.49. The van der Waals surface area contributed by atoms with Crippen molar-refractivity contribution in [3.63, 3.8) is 0 Å². The minimum absolute atomic E-state index is 0.0169. The summed E-state index contributed by atoms with van der Waals surface area (Å²) in [6, 6.07) is 14.6. The SMILES string of the molecule is COc1ccc(Cl)cc1NC(=O)/C(C#N)=C\N1CCN(c2cccc(Cl)c2)CC1. The molecule has 1 aliphatic rings. The molecule has 1 N–H and O–H groups in total. The zero-order chi connectivity index (χ0) is 20.8. The van der Waals surface area contributed by atoms with Crippen LogP contribution in [0, 0.1) is 11.3 Å². The van der Waals surface area contributed by atoms with Crippen LogP contribution in [0.1, 0.15) is 0 Å². The number of anilines is 2. The van der Waals surface area contributed by atoms with Crippen LogP contribution in [-0.2, 0) is 4.79 Å². The molecule has 3 rings (SSSR count). The summed E-state index contributed by atoms with van der Waals surface area (Å²) >= 11 is 12.1. The van der Waals surface area contributed by atoms with Crippen LogP contribution in [0.5, 0.6) is 5.75 Å². The third kappa shape index (κ3) is 5.35. The van der Waals surface area contributed by atoms with E-state index >= 15 is 0 Å². The van der Waals surface area contributed by atoms with Gasteiger partial charge in [0.2, 0.25) is 0 Å². The van der Waals surface area contributed by atoms with Gasteiger partial charge >= 0.3 is 0 Å². The summed E-state index contributed by atoms with van der Waals surface area (Å²) in [6.45, 7) is 2.90. The molecule has 2 aromatic rings. The Hall–Kier alpha value is -2.88. The van der Waals surface area contributed by atoms with E-state index in [-0.39, 0.29) is 5.57 Å². The van der Waals surface area contributed by atoms with E-state index in [1.165, 1.54) is 7.11 Å². The Balaban J connectivity index is 1.65. The van der Waals surface area contributed by atoms with Crippen molar-refractivity contribution >= 4 is 40.5 Å². The van der Waals surface area contributed by atoms with Gasteiger partial charge in [-0.2, -0.15) is 5.26 Å². The van der Waals surface area contributed by atoms with Crippen molar-refractivity contribution in [1.82, 2.24) is 4.90 Å². The molecule has 1 amide bonds. The summed E-state index contributed by atoms with van der Waals surface area (Å²) in [6.07, 6.45) is 1.60. The zero-order valence-electron chi connectivity index (χ0n) is 15.9. The van der Waals surface area contributed by atoms with Crippen molar-refractivity contribution in [3.8, 4) is 11.8 Å². The van der Waals surface area contributed by atoms with E-state index in [1.54, 1.807) is 24.4 Å². The van der Waals surface area contributed by atoms with Gasteiger partial charge in [-0.3, -0.25) is 4.79 Å². The van der Waals surface area contributed by atoms with Crippen molar-refractivity contribution in [2.45, 2.75) is 0 Å². The van der Waals surface area contributed by atoms with Gasteiger partial charge in [-0.05, 0) is 36.4 Å². The largest absolute Gasteiger partial charge is 0.495 e. The van der Waals surface area contributed by atoms with Crippen molar-refractivity contribution in [2.24, 2.45) is 0 Å². The molecule has 1 fully saturated rings. The molecule has 0 atom stereocenters. The standard InChI is InChI=1S/C21H20Cl2N4O2/c1-29-20-6-5-17(23)12-19(20)25-21(28)15(13-24)14-26-7-9-27(10-8-26)18-4-2-3-16(22)11-18/h2-6,11-12,14H,7-10H2,1H3,(H,25,28)/b15-14-. The normalized spacial score (nSPS) is 14.3. The van der Waals surface area contributed by atoms with E-state index in [0.29, 0.717) is 34.6 Å². The van der Waals surface area contributed by atoms with Crippen LogP contribution in [0.2, 0.25) is 10.0 Å². The Kier molecular flexibility index (Phi) is 6.86. The second kappa shape index (κ2) is 9.55. The molecule has 1 aliphatic heterocycles. The molecule has 1 heterocycles. The zero-order valence-corrected chi connectivity index (χ0v) is 17.4. The van der Waals surface area contributed by atoms with Gasteiger partial charge in [-0.15, -0.1) is 0 Å². The third-order valence-corrected chi connectivity index (χ3v) is 5.04. The monoisotopic (exact) mass is 430 g/mol. The Labute approximate surface area is 179 Å². The maximum Gasteiger partial charge on any atom is 0.267 e. The fourth-order valence-corrected chi connectivity index (χ4v) is 3.43. The van der Waals surface area contributed by atoms with Gasteiger partial charge in [0, 0.05) is 48.1 Å². The number of rotatable bonds is 5. The molecule has 0 bridgehead atoms. The van der Waals surface area contributed by atoms with Gasteiger partial charge in [-0.25, -0.2) is 0 Å². The molecule has 150 valence electrons. The van der Waals surface area contributed by atoms with Crippen molar-refractivity contribution in [2.75, 3.05) is 43.5 Å². The lowest BCUT2D eigenvalue weighted by Gasteiger charge is -2.35. The summed E-state index contributed by atoms with van der Waals surface area (Å²) in [5, 5.41) is 13.3. The van der Waals surface area contributed by atoms with Crippen LogP contribution in [0.15, 0.2) is 54.2 Å². The molecule has 1 saturated heterocycles. The number of carbonyl (C=O) groups excluding carboxylic acids is 1. The van der Waals surface area contributed by atoms with Gasteiger partial charge in [0.25, 0.3) is 5.91 Å². The van der Waals surface area contributed by atoms with Crippen molar-refractivity contribution < 1.29 is 9.53 Å². The molecule has 0 saturated carbocycles. The Morgan fingerprint density at radius 3 is 2.52 bits per heavy atom. The highest BCUT2D eigenvalue weighted by Gasteiger charge is 2.18. The number of hydrogen-bond acceptors (Lipinski definition) is 5. The summed E-state index contributed by atoms with van der Waals surface area (Å²) in [4.78, 5) is 16.8. The number of hydrogen-bond donors (Lipinski definition) is 1. The highest BCUT2D eigenvalue weighted by molar-refractivity contribution is 6.31. The smallest absolute Gasteiger partial charge is 0.267 e. The first-order valence-electron chi connectivity index (χ1n) is 9.01. The van der Waals surface area contributed by atoms with E-state index in [4.69, 9.17) is 27.9 Å². The van der Waals surface area contributed by atoms with Gasteiger partial charge in [0.05, 0.1) is 12.8 Å². The molecular weight excluding hydrogens is 411 g/mol. The molecule has 2 aromatic carbocycles. The Morgan fingerprint density at radius 1 is 1.14 bits per heavy atom. The number of amides is 1. The maximum absolute atomic E-state index is 12.6. The van der Waals surface area contributed by atoms with Crippen LogP contribution in [0.3, 0.4) is 0 Å². The van der Waals surface area contributed by atoms with Gasteiger partial charge in [0.15, 0.2) is 0 Å². The number of carbonyl (C=O) groups is 1. The quantitative estimate of drug-likeness (QED) is 0.569. The van der Waals surface area contributed by atoms with Crippen LogP contribution in [0.4, 0.5) is 11.4 Å². The molecular formula is C21H20Cl2N4O2. The summed E-state index contributed by atoms with van der Waals surface area (Å²) in [5.74, 6) is -0.0412. The number of piperazine rings is 1. The molecule has 0 unspecified atom stereocenters. The lowest BCUT2D eigenvalue weighted by atomic mass is 10.2. The molecule has 0 aromatic heterocycles. The van der Waals surface area contributed by atoms with E-state index < -0.39 is 5.91 Å². The number of methoxy groups -OCH3 is 1. The summed E-state index contributed by atoms with van der Waals surface area (Å²) < 4.78 is 5.23. The predicted molar refractivity (Wildman–Crippen MR) is 116 cm³/mol. The lowest BCUT2D eigenvalue weighted by Crippen LogP contribution is -2.44. The number of benzene rings is 2. The van der Waals surface area contributed by atoms with E-state index in [1.807, 2.05) is 35.2 Å². The molecule has 29 heavy (non-hydrogen) atoms. The third-order valence-electron chi connectivity index (χ3n) is 4.57. The number of nitrogens with one attached hydrogen (secondary N) is 1. The number of halogens is 2. The predicted octanol–water partition coefficient (Wildman–Crippen LogP) is 4.17. The van der Waals surface area contributed by atoms with Crippen LogP contribution in [0.25, 0.3) is 0 Å². The average molecular weight is 431 g/mol. The van der Waals surface area contributed by atoms with Gasteiger partial charge in [0.1, 0.15) is 17.4 Å². The lowest BCUT2D eigenvalue weighted by molar-refractivity contribution is -0.112. The summed E-state index contributed by atoms with van der Waals surface area (Å²) in [7, 11) is 1.50. The van der Waals surface area contributed by atoms with E-state index in [0.717, 1.165) is 18.8 Å². The topological polar surface area (TPSA) is 68.6 Å². The minimum atomic E-state index is -0.509. The first kappa shape index (κ1) is 20.8. The average Bonchev–Trinajstić information content (AvgIpc) is 2.72. The molecule has 6 nitrogen and oxygen atoms in total. The molecule has 8 heteroatoms. The highest BCUT2D eigenvalue weighted by Crippen LogP contribution is 2.28. The van der Waals surface area contributed by atoms with Crippen molar-refractivity contribution in [1.29, 1.82) is 5.26 Å². The van der Waals surface area contributed by atoms with E-state index in [2.05, 4.69) is 10.2 Å². The Morgan fingerprint density at radius 2 is 1.86 bits per heavy atom. The first-order valence-corrected chi connectivity index (χ1v) is 9.77.